The Labute approximate surface area is 108 Å². The summed E-state index contributed by atoms with van der Waals surface area (Å²) < 4.78 is 0. The molecule has 0 bridgehead atoms. The van der Waals surface area contributed by atoms with E-state index in [1.54, 1.807) is 0 Å². The van der Waals surface area contributed by atoms with Gasteiger partial charge in [0.1, 0.15) is 0 Å². The SMILES string of the molecule is CCN(CC(C)(CC)CNCC(C)C)C1CC1. The van der Waals surface area contributed by atoms with E-state index in [4.69, 9.17) is 0 Å². The van der Waals surface area contributed by atoms with Crippen LogP contribution in [-0.4, -0.2) is 37.1 Å². The lowest BCUT2D eigenvalue weighted by Gasteiger charge is -2.35. The molecule has 0 saturated heterocycles. The average molecular weight is 240 g/mol. The monoisotopic (exact) mass is 240 g/mol. The van der Waals surface area contributed by atoms with Crippen LogP contribution in [0.3, 0.4) is 0 Å². The molecular formula is C15H32N2. The summed E-state index contributed by atoms with van der Waals surface area (Å²) in [5.41, 5.74) is 0.438. The lowest BCUT2D eigenvalue weighted by molar-refractivity contribution is 0.153. The van der Waals surface area contributed by atoms with Crippen molar-refractivity contribution in [2.24, 2.45) is 11.3 Å². The Morgan fingerprint density at radius 3 is 2.35 bits per heavy atom. The third kappa shape index (κ3) is 5.39. The van der Waals surface area contributed by atoms with Gasteiger partial charge in [-0.25, -0.2) is 0 Å². The van der Waals surface area contributed by atoms with Crippen molar-refractivity contribution in [1.82, 2.24) is 10.2 Å². The number of nitrogens with one attached hydrogen (secondary N) is 1. The van der Waals surface area contributed by atoms with Gasteiger partial charge in [-0.15, -0.1) is 0 Å². The molecule has 1 fully saturated rings. The average Bonchev–Trinajstić information content (AvgIpc) is 3.09. The van der Waals surface area contributed by atoms with Gasteiger partial charge in [0.2, 0.25) is 0 Å². The summed E-state index contributed by atoms with van der Waals surface area (Å²) in [6.07, 6.45) is 4.11. The maximum Gasteiger partial charge on any atom is 0.00965 e. The molecule has 1 unspecified atom stereocenters. The van der Waals surface area contributed by atoms with E-state index in [1.807, 2.05) is 0 Å². The molecule has 0 amide bonds. The van der Waals surface area contributed by atoms with Gasteiger partial charge in [-0.1, -0.05) is 34.6 Å². The van der Waals surface area contributed by atoms with E-state index < -0.39 is 0 Å². The second-order valence-electron chi connectivity index (χ2n) is 6.48. The van der Waals surface area contributed by atoms with Gasteiger partial charge in [-0.05, 0) is 43.7 Å². The first kappa shape index (κ1) is 15.0. The van der Waals surface area contributed by atoms with Crippen molar-refractivity contribution in [1.29, 1.82) is 0 Å². The summed E-state index contributed by atoms with van der Waals surface area (Å²) >= 11 is 0. The van der Waals surface area contributed by atoms with Gasteiger partial charge in [0, 0.05) is 19.1 Å². The maximum atomic E-state index is 3.64. The molecule has 17 heavy (non-hydrogen) atoms. The number of rotatable bonds is 9. The summed E-state index contributed by atoms with van der Waals surface area (Å²) in [6.45, 7) is 16.4. The predicted octanol–water partition coefficient (Wildman–Crippen LogP) is 3.13. The number of hydrogen-bond donors (Lipinski definition) is 1. The Balaban J connectivity index is 2.37. The van der Waals surface area contributed by atoms with Crippen LogP contribution in [0, 0.1) is 11.3 Å². The first-order chi connectivity index (χ1) is 8.00. The molecule has 0 spiro atoms. The minimum absolute atomic E-state index is 0.438. The molecule has 1 saturated carbocycles. The van der Waals surface area contributed by atoms with E-state index in [1.165, 1.54) is 32.4 Å². The Morgan fingerprint density at radius 2 is 1.94 bits per heavy atom. The smallest absolute Gasteiger partial charge is 0.00965 e. The highest BCUT2D eigenvalue weighted by Crippen LogP contribution is 2.31. The van der Waals surface area contributed by atoms with Crippen molar-refractivity contribution in [3.63, 3.8) is 0 Å². The largest absolute Gasteiger partial charge is 0.316 e. The van der Waals surface area contributed by atoms with E-state index in [0.717, 1.165) is 25.0 Å². The van der Waals surface area contributed by atoms with Crippen LogP contribution >= 0.6 is 0 Å². The third-order valence-electron chi connectivity index (χ3n) is 4.01. The third-order valence-corrected chi connectivity index (χ3v) is 4.01. The Morgan fingerprint density at radius 1 is 1.29 bits per heavy atom. The first-order valence-corrected chi connectivity index (χ1v) is 7.45. The van der Waals surface area contributed by atoms with Crippen molar-refractivity contribution in [2.45, 2.75) is 59.9 Å². The van der Waals surface area contributed by atoms with E-state index in [9.17, 15) is 0 Å². The van der Waals surface area contributed by atoms with Crippen molar-refractivity contribution in [2.75, 3.05) is 26.2 Å². The number of hydrogen-bond acceptors (Lipinski definition) is 2. The van der Waals surface area contributed by atoms with Gasteiger partial charge < -0.3 is 10.2 Å². The maximum absolute atomic E-state index is 3.64. The molecule has 2 heteroatoms. The zero-order chi connectivity index (χ0) is 12.9. The molecule has 0 radical (unpaired) electrons. The number of nitrogens with zero attached hydrogens (tertiary/aromatic N) is 1. The summed E-state index contributed by atoms with van der Waals surface area (Å²) in [5, 5.41) is 3.64. The van der Waals surface area contributed by atoms with Crippen LogP contribution in [0.4, 0.5) is 0 Å². The topological polar surface area (TPSA) is 15.3 Å². The second kappa shape index (κ2) is 6.75. The summed E-state index contributed by atoms with van der Waals surface area (Å²) in [5.74, 6) is 0.752. The zero-order valence-corrected chi connectivity index (χ0v) is 12.6. The summed E-state index contributed by atoms with van der Waals surface area (Å²) in [7, 11) is 0. The minimum atomic E-state index is 0.438. The molecule has 1 N–H and O–H groups in total. The van der Waals surface area contributed by atoms with Gasteiger partial charge in [0.25, 0.3) is 0 Å². The van der Waals surface area contributed by atoms with E-state index in [0.29, 0.717) is 5.41 Å². The van der Waals surface area contributed by atoms with Crippen molar-refractivity contribution in [3.05, 3.63) is 0 Å². The van der Waals surface area contributed by atoms with E-state index in [-0.39, 0.29) is 0 Å². The van der Waals surface area contributed by atoms with Crippen molar-refractivity contribution in [3.8, 4) is 0 Å². The quantitative estimate of drug-likeness (QED) is 0.666. The van der Waals surface area contributed by atoms with Crippen molar-refractivity contribution >= 4 is 0 Å². The van der Waals surface area contributed by atoms with Crippen LogP contribution in [0.15, 0.2) is 0 Å². The highest BCUT2D eigenvalue weighted by molar-refractivity contribution is 4.88. The summed E-state index contributed by atoms with van der Waals surface area (Å²) in [4.78, 5) is 2.68. The second-order valence-corrected chi connectivity index (χ2v) is 6.48. The Bertz CT molecular complexity index is 211. The molecular weight excluding hydrogens is 208 g/mol. The van der Waals surface area contributed by atoms with Gasteiger partial charge in [0.05, 0.1) is 0 Å². The van der Waals surface area contributed by atoms with Gasteiger partial charge >= 0.3 is 0 Å². The highest BCUT2D eigenvalue weighted by atomic mass is 15.2. The molecule has 0 aromatic heterocycles. The molecule has 102 valence electrons. The standard InChI is InChI=1S/C15H32N2/c1-6-15(5,11-16-10-13(3)4)12-17(7-2)14-8-9-14/h13-14,16H,6-12H2,1-5H3. The van der Waals surface area contributed by atoms with Crippen LogP contribution in [0.1, 0.15) is 53.9 Å². The molecule has 1 aliphatic carbocycles. The van der Waals surface area contributed by atoms with Gasteiger partial charge in [0.15, 0.2) is 0 Å². The Hall–Kier alpha value is -0.0800. The fourth-order valence-corrected chi connectivity index (χ4v) is 2.38. The zero-order valence-electron chi connectivity index (χ0n) is 12.6. The molecule has 0 aromatic carbocycles. The fraction of sp³-hybridized carbons (Fsp3) is 1.00. The fourth-order valence-electron chi connectivity index (χ4n) is 2.38. The van der Waals surface area contributed by atoms with Crippen LogP contribution in [0.5, 0.6) is 0 Å². The van der Waals surface area contributed by atoms with E-state index in [2.05, 4.69) is 44.8 Å². The lowest BCUT2D eigenvalue weighted by atomic mass is 9.86. The first-order valence-electron chi connectivity index (χ1n) is 7.45. The molecule has 0 aromatic rings. The molecule has 0 aliphatic heterocycles. The molecule has 2 nitrogen and oxygen atoms in total. The summed E-state index contributed by atoms with van der Waals surface area (Å²) in [6, 6.07) is 0.899. The molecule has 0 heterocycles. The minimum Gasteiger partial charge on any atom is -0.316 e. The highest BCUT2D eigenvalue weighted by Gasteiger charge is 2.33. The lowest BCUT2D eigenvalue weighted by Crippen LogP contribution is -2.43. The Kier molecular flexibility index (Phi) is 5.94. The molecule has 1 aliphatic rings. The molecule has 1 rings (SSSR count). The van der Waals surface area contributed by atoms with Crippen molar-refractivity contribution < 1.29 is 0 Å². The van der Waals surface area contributed by atoms with Crippen LogP contribution in [-0.2, 0) is 0 Å². The van der Waals surface area contributed by atoms with Crippen LogP contribution < -0.4 is 5.32 Å². The van der Waals surface area contributed by atoms with Crippen LogP contribution in [0.2, 0.25) is 0 Å². The normalized spacial score (nSPS) is 19.9. The predicted molar refractivity (Wildman–Crippen MR) is 76.4 cm³/mol. The van der Waals surface area contributed by atoms with Gasteiger partial charge in [-0.3, -0.25) is 0 Å². The van der Waals surface area contributed by atoms with Crippen LogP contribution in [0.25, 0.3) is 0 Å². The van der Waals surface area contributed by atoms with Gasteiger partial charge in [-0.2, -0.15) is 0 Å². The molecule has 1 atom stereocenters. The van der Waals surface area contributed by atoms with E-state index >= 15 is 0 Å².